The van der Waals surface area contributed by atoms with Crippen LogP contribution in [0.25, 0.3) is 0 Å². The van der Waals surface area contributed by atoms with E-state index in [2.05, 4.69) is 0 Å². The summed E-state index contributed by atoms with van der Waals surface area (Å²) < 4.78 is 10.5. The van der Waals surface area contributed by atoms with E-state index in [9.17, 15) is 15.0 Å². The minimum absolute atomic E-state index is 0.150. The van der Waals surface area contributed by atoms with E-state index in [1.165, 1.54) is 7.11 Å². The molecular weight excluding hydrogens is 272 g/mol. The fraction of sp³-hybridized carbons (Fsp3) is 0.688. The van der Waals surface area contributed by atoms with E-state index in [-0.39, 0.29) is 29.2 Å². The van der Waals surface area contributed by atoms with Crippen molar-refractivity contribution in [3.63, 3.8) is 0 Å². The standard InChI is InChI=1S/C16H26O5/c1-9(12(4)17)7-6-8-13(18)15-10(2)14(19)11(3)16(20-5)21-15/h9,12-13,17-18H,6-8H2,1-5H3/t9-,12+,13+/m1/s1. The molecule has 0 saturated heterocycles. The Morgan fingerprint density at radius 2 is 1.76 bits per heavy atom. The number of ether oxygens (including phenoxy) is 1. The van der Waals surface area contributed by atoms with E-state index in [0.29, 0.717) is 17.5 Å². The van der Waals surface area contributed by atoms with Gasteiger partial charge in [-0.25, -0.2) is 0 Å². The second-order valence-electron chi connectivity index (χ2n) is 5.70. The number of aliphatic hydroxyl groups excluding tert-OH is 2. The van der Waals surface area contributed by atoms with Crippen molar-refractivity contribution < 1.29 is 19.4 Å². The molecule has 120 valence electrons. The third kappa shape index (κ3) is 4.32. The molecule has 0 saturated carbocycles. The molecule has 0 unspecified atom stereocenters. The van der Waals surface area contributed by atoms with Crippen molar-refractivity contribution in [3.05, 3.63) is 27.1 Å². The highest BCUT2D eigenvalue weighted by atomic mass is 16.6. The minimum atomic E-state index is -0.839. The van der Waals surface area contributed by atoms with Gasteiger partial charge in [-0.3, -0.25) is 4.79 Å². The van der Waals surface area contributed by atoms with Crippen LogP contribution in [0.5, 0.6) is 5.95 Å². The molecule has 1 heterocycles. The summed E-state index contributed by atoms with van der Waals surface area (Å²) in [6.07, 6.45) is 0.829. The molecule has 0 fully saturated rings. The lowest BCUT2D eigenvalue weighted by molar-refractivity contribution is 0.107. The van der Waals surface area contributed by atoms with Crippen LogP contribution in [0, 0.1) is 19.8 Å². The second-order valence-corrected chi connectivity index (χ2v) is 5.70. The fourth-order valence-electron chi connectivity index (χ4n) is 2.26. The average molecular weight is 298 g/mol. The maximum absolute atomic E-state index is 12.1. The molecule has 2 N–H and O–H groups in total. The van der Waals surface area contributed by atoms with Gasteiger partial charge in [0.2, 0.25) is 0 Å². The van der Waals surface area contributed by atoms with Crippen LogP contribution in [0.4, 0.5) is 0 Å². The third-order valence-electron chi connectivity index (χ3n) is 4.01. The summed E-state index contributed by atoms with van der Waals surface area (Å²) in [7, 11) is 1.43. The predicted octanol–water partition coefficient (Wildman–Crippen LogP) is 2.49. The Bertz CT molecular complexity index is 518. The molecule has 0 aromatic carbocycles. The van der Waals surface area contributed by atoms with Crippen molar-refractivity contribution in [2.45, 2.75) is 59.2 Å². The molecule has 0 bridgehead atoms. The Hall–Kier alpha value is -1.33. The van der Waals surface area contributed by atoms with Crippen molar-refractivity contribution in [1.29, 1.82) is 0 Å². The van der Waals surface area contributed by atoms with Crippen LogP contribution in [0.1, 0.15) is 56.1 Å². The first-order valence-electron chi connectivity index (χ1n) is 7.33. The van der Waals surface area contributed by atoms with Crippen molar-refractivity contribution in [3.8, 4) is 5.95 Å². The van der Waals surface area contributed by atoms with Crippen LogP contribution in [0.2, 0.25) is 0 Å². The van der Waals surface area contributed by atoms with E-state index < -0.39 is 6.10 Å². The van der Waals surface area contributed by atoms with Crippen LogP contribution in [0.3, 0.4) is 0 Å². The Balaban J connectivity index is 2.81. The molecule has 0 radical (unpaired) electrons. The highest BCUT2D eigenvalue weighted by Gasteiger charge is 2.20. The lowest BCUT2D eigenvalue weighted by Crippen LogP contribution is -2.16. The van der Waals surface area contributed by atoms with Gasteiger partial charge < -0.3 is 19.4 Å². The molecule has 1 rings (SSSR count). The van der Waals surface area contributed by atoms with Gasteiger partial charge in [-0.15, -0.1) is 0 Å². The molecular formula is C16H26O5. The molecule has 1 aromatic heterocycles. The van der Waals surface area contributed by atoms with Crippen LogP contribution < -0.4 is 10.2 Å². The van der Waals surface area contributed by atoms with Gasteiger partial charge in [0.25, 0.3) is 5.95 Å². The number of hydrogen-bond acceptors (Lipinski definition) is 5. The molecule has 3 atom stereocenters. The molecule has 1 aromatic rings. The van der Waals surface area contributed by atoms with E-state index in [4.69, 9.17) is 9.15 Å². The fourth-order valence-corrected chi connectivity index (χ4v) is 2.26. The molecule has 21 heavy (non-hydrogen) atoms. The first-order chi connectivity index (χ1) is 9.79. The number of hydrogen-bond donors (Lipinski definition) is 2. The Kier molecular flexibility index (Phi) is 6.42. The highest BCUT2D eigenvalue weighted by Crippen LogP contribution is 2.27. The summed E-state index contributed by atoms with van der Waals surface area (Å²) >= 11 is 0. The summed E-state index contributed by atoms with van der Waals surface area (Å²) in [5.74, 6) is 0.599. The number of rotatable bonds is 7. The van der Waals surface area contributed by atoms with Gasteiger partial charge in [-0.1, -0.05) is 13.3 Å². The number of aliphatic hydroxyl groups is 2. The largest absolute Gasteiger partial charge is 0.468 e. The van der Waals surface area contributed by atoms with Crippen LogP contribution >= 0.6 is 0 Å². The summed E-state index contributed by atoms with van der Waals surface area (Å²) in [5.41, 5.74) is 0.669. The van der Waals surface area contributed by atoms with Crippen molar-refractivity contribution in [2.75, 3.05) is 7.11 Å². The van der Waals surface area contributed by atoms with Crippen LogP contribution in [-0.4, -0.2) is 23.4 Å². The molecule has 5 heteroatoms. The zero-order valence-electron chi connectivity index (χ0n) is 13.5. The maximum Gasteiger partial charge on any atom is 0.291 e. The molecule has 0 aliphatic rings. The Morgan fingerprint density at radius 1 is 1.14 bits per heavy atom. The van der Waals surface area contributed by atoms with Crippen molar-refractivity contribution in [1.82, 2.24) is 0 Å². The molecule has 5 nitrogen and oxygen atoms in total. The smallest absolute Gasteiger partial charge is 0.291 e. The van der Waals surface area contributed by atoms with Gasteiger partial charge in [0.1, 0.15) is 11.9 Å². The third-order valence-corrected chi connectivity index (χ3v) is 4.01. The van der Waals surface area contributed by atoms with Gasteiger partial charge in [0, 0.05) is 5.56 Å². The molecule has 0 aliphatic heterocycles. The average Bonchev–Trinajstić information content (AvgIpc) is 2.44. The summed E-state index contributed by atoms with van der Waals surface area (Å²) in [6.45, 7) is 7.01. The molecule has 0 spiro atoms. The monoisotopic (exact) mass is 298 g/mol. The van der Waals surface area contributed by atoms with Gasteiger partial charge >= 0.3 is 0 Å². The van der Waals surface area contributed by atoms with E-state index in [0.717, 1.165) is 12.8 Å². The zero-order chi connectivity index (χ0) is 16.2. The van der Waals surface area contributed by atoms with Gasteiger partial charge in [-0.2, -0.15) is 0 Å². The minimum Gasteiger partial charge on any atom is -0.468 e. The maximum atomic E-state index is 12.1. The van der Waals surface area contributed by atoms with Gasteiger partial charge in [-0.05, 0) is 39.5 Å². The predicted molar refractivity (Wildman–Crippen MR) is 80.7 cm³/mol. The normalized spacial score (nSPS) is 15.6. The first kappa shape index (κ1) is 17.7. The van der Waals surface area contributed by atoms with Crippen LogP contribution in [-0.2, 0) is 0 Å². The highest BCUT2D eigenvalue weighted by molar-refractivity contribution is 5.30. The lowest BCUT2D eigenvalue weighted by atomic mass is 9.97. The van der Waals surface area contributed by atoms with E-state index in [1.807, 2.05) is 6.92 Å². The lowest BCUT2D eigenvalue weighted by Gasteiger charge is -2.17. The summed E-state index contributed by atoms with van der Waals surface area (Å²) in [4.78, 5) is 12.1. The number of methoxy groups -OCH3 is 1. The SMILES string of the molecule is COc1oc([C@@H](O)CCC[C@@H](C)[C@H](C)O)c(C)c(=O)c1C. The van der Waals surface area contributed by atoms with Crippen LogP contribution in [0.15, 0.2) is 9.21 Å². The first-order valence-corrected chi connectivity index (χ1v) is 7.33. The second kappa shape index (κ2) is 7.61. The van der Waals surface area contributed by atoms with Crippen molar-refractivity contribution >= 4 is 0 Å². The molecule has 0 aliphatic carbocycles. The Morgan fingerprint density at radius 3 is 2.29 bits per heavy atom. The van der Waals surface area contributed by atoms with Crippen molar-refractivity contribution in [2.24, 2.45) is 5.92 Å². The zero-order valence-corrected chi connectivity index (χ0v) is 13.5. The van der Waals surface area contributed by atoms with E-state index in [1.54, 1.807) is 20.8 Å². The van der Waals surface area contributed by atoms with Gasteiger partial charge in [0.15, 0.2) is 5.43 Å². The summed E-state index contributed by atoms with van der Waals surface area (Å²) in [6, 6.07) is 0. The summed E-state index contributed by atoms with van der Waals surface area (Å²) in [5, 5.41) is 19.7. The van der Waals surface area contributed by atoms with E-state index >= 15 is 0 Å². The van der Waals surface area contributed by atoms with Gasteiger partial charge in [0.05, 0.1) is 18.8 Å². The topological polar surface area (TPSA) is 79.9 Å². The molecule has 0 amide bonds. The Labute approximate surface area is 125 Å². The quantitative estimate of drug-likeness (QED) is 0.808.